The van der Waals surface area contributed by atoms with Crippen LogP contribution in [-0.2, 0) is 0 Å². The SMILES string of the molecule is O=Nc1ncn(O)c2ncnc1-2. The van der Waals surface area contributed by atoms with Gasteiger partial charge in [-0.1, -0.05) is 0 Å². The van der Waals surface area contributed by atoms with Crippen LogP contribution < -0.4 is 0 Å². The standard InChI is InChI=1S/C5H3N5O2/c11-9-4-3-5(7-1-6-3)10(12)2-8-4/h1-2,12H. The van der Waals surface area contributed by atoms with Crippen molar-refractivity contribution in [1.29, 1.82) is 0 Å². The van der Waals surface area contributed by atoms with Crippen LogP contribution >= 0.6 is 0 Å². The van der Waals surface area contributed by atoms with E-state index in [2.05, 4.69) is 20.1 Å². The Morgan fingerprint density at radius 3 is 3.00 bits per heavy atom. The number of nitrogens with zero attached hydrogens (tertiary/aromatic N) is 5. The first kappa shape index (κ1) is 6.65. The van der Waals surface area contributed by atoms with E-state index in [-0.39, 0.29) is 17.3 Å². The van der Waals surface area contributed by atoms with Gasteiger partial charge in [0.15, 0.2) is 5.69 Å². The van der Waals surface area contributed by atoms with E-state index in [9.17, 15) is 4.91 Å². The van der Waals surface area contributed by atoms with Crippen molar-refractivity contribution in [3.05, 3.63) is 17.6 Å². The van der Waals surface area contributed by atoms with Crippen LogP contribution in [0.25, 0.3) is 11.5 Å². The molecule has 12 heavy (non-hydrogen) atoms. The molecule has 0 unspecified atom stereocenters. The summed E-state index contributed by atoms with van der Waals surface area (Å²) in [6.07, 6.45) is 2.25. The first-order valence-corrected chi connectivity index (χ1v) is 3.03. The highest BCUT2D eigenvalue weighted by Crippen LogP contribution is 2.24. The first-order valence-electron chi connectivity index (χ1n) is 3.03. The summed E-state index contributed by atoms with van der Waals surface area (Å²) in [5.74, 6) is 0.0902. The van der Waals surface area contributed by atoms with E-state index < -0.39 is 0 Å². The number of imidazole rings is 1. The predicted molar refractivity (Wildman–Crippen MR) is 37.1 cm³/mol. The van der Waals surface area contributed by atoms with Crippen molar-refractivity contribution >= 4 is 5.82 Å². The van der Waals surface area contributed by atoms with Crippen LogP contribution in [0.2, 0.25) is 0 Å². The summed E-state index contributed by atoms with van der Waals surface area (Å²) in [6, 6.07) is 0. The summed E-state index contributed by atoms with van der Waals surface area (Å²) in [6.45, 7) is 0. The lowest BCUT2D eigenvalue weighted by Gasteiger charge is -2.00. The van der Waals surface area contributed by atoms with Gasteiger partial charge in [-0.25, -0.2) is 15.0 Å². The number of hydrogen-bond acceptors (Lipinski definition) is 6. The molecule has 0 atom stereocenters. The van der Waals surface area contributed by atoms with Crippen molar-refractivity contribution < 1.29 is 5.21 Å². The highest BCUT2D eigenvalue weighted by molar-refractivity contribution is 5.63. The van der Waals surface area contributed by atoms with Gasteiger partial charge >= 0.3 is 0 Å². The summed E-state index contributed by atoms with van der Waals surface area (Å²) < 4.78 is 0.678. The molecule has 7 nitrogen and oxygen atoms in total. The number of rotatable bonds is 1. The molecule has 0 saturated carbocycles. The summed E-state index contributed by atoms with van der Waals surface area (Å²) in [7, 11) is 0. The fourth-order valence-corrected chi connectivity index (χ4v) is 0.878. The minimum atomic E-state index is -0.0761. The second kappa shape index (κ2) is 2.22. The fourth-order valence-electron chi connectivity index (χ4n) is 0.878. The maximum Gasteiger partial charge on any atom is 0.227 e. The smallest absolute Gasteiger partial charge is 0.227 e. The normalized spacial score (nSPS) is 10.3. The van der Waals surface area contributed by atoms with E-state index >= 15 is 0 Å². The Kier molecular flexibility index (Phi) is 1.23. The molecule has 0 aliphatic carbocycles. The highest BCUT2D eigenvalue weighted by atomic mass is 16.5. The molecular formula is C5H3N5O2. The summed E-state index contributed by atoms with van der Waals surface area (Å²) in [5.41, 5.74) is 0.190. The minimum Gasteiger partial charge on any atom is -0.425 e. The molecule has 0 spiro atoms. The van der Waals surface area contributed by atoms with Crippen LogP contribution in [0.1, 0.15) is 0 Å². The second-order valence-corrected chi connectivity index (χ2v) is 2.05. The quantitative estimate of drug-likeness (QED) is 0.488. The lowest BCUT2D eigenvalue weighted by Crippen LogP contribution is -2.00. The molecule has 0 radical (unpaired) electrons. The van der Waals surface area contributed by atoms with E-state index in [1.807, 2.05) is 0 Å². The van der Waals surface area contributed by atoms with Gasteiger partial charge in [-0.15, -0.1) is 4.91 Å². The van der Waals surface area contributed by atoms with Crippen LogP contribution in [0.4, 0.5) is 5.82 Å². The molecule has 0 aromatic heterocycles. The van der Waals surface area contributed by atoms with Crippen molar-refractivity contribution in [3.8, 4) is 11.5 Å². The number of nitroso groups, excluding NO2 is 1. The van der Waals surface area contributed by atoms with Crippen molar-refractivity contribution in [2.24, 2.45) is 5.18 Å². The van der Waals surface area contributed by atoms with Crippen molar-refractivity contribution in [1.82, 2.24) is 19.7 Å². The second-order valence-electron chi connectivity index (χ2n) is 2.05. The van der Waals surface area contributed by atoms with Crippen LogP contribution in [0.5, 0.6) is 0 Å². The monoisotopic (exact) mass is 165 g/mol. The Hall–Kier alpha value is -2.05. The minimum absolute atomic E-state index is 0.0761. The molecule has 0 amide bonds. The Balaban J connectivity index is 2.78. The van der Waals surface area contributed by atoms with E-state index in [1.165, 1.54) is 6.33 Å². The Morgan fingerprint density at radius 1 is 1.42 bits per heavy atom. The molecule has 0 aromatic carbocycles. The molecule has 2 aliphatic heterocycles. The molecule has 1 N–H and O–H groups in total. The van der Waals surface area contributed by atoms with Crippen molar-refractivity contribution in [2.75, 3.05) is 0 Å². The molecule has 7 heteroatoms. The third-order valence-electron chi connectivity index (χ3n) is 1.38. The van der Waals surface area contributed by atoms with E-state index in [0.717, 1.165) is 6.33 Å². The van der Waals surface area contributed by atoms with Crippen LogP contribution in [0, 0.1) is 4.91 Å². The predicted octanol–water partition coefficient (Wildman–Crippen LogP) is 0.413. The van der Waals surface area contributed by atoms with E-state index in [0.29, 0.717) is 4.73 Å². The molecule has 0 fully saturated rings. The lowest BCUT2D eigenvalue weighted by atomic mass is 10.4. The van der Waals surface area contributed by atoms with Crippen molar-refractivity contribution in [3.63, 3.8) is 0 Å². The zero-order chi connectivity index (χ0) is 8.55. The number of hydrogen-bond donors (Lipinski definition) is 1. The summed E-state index contributed by atoms with van der Waals surface area (Å²) in [5, 5.41) is 11.7. The third kappa shape index (κ3) is 0.729. The maximum atomic E-state index is 10.2. The Bertz CT molecular complexity index is 397. The molecule has 0 aromatic rings. The molecule has 60 valence electrons. The van der Waals surface area contributed by atoms with Crippen LogP contribution in [-0.4, -0.2) is 24.9 Å². The Morgan fingerprint density at radius 2 is 2.25 bits per heavy atom. The third-order valence-corrected chi connectivity index (χ3v) is 1.38. The van der Waals surface area contributed by atoms with Gasteiger partial charge in [-0.05, 0) is 5.18 Å². The first-order chi connectivity index (χ1) is 5.83. The maximum absolute atomic E-state index is 10.2. The van der Waals surface area contributed by atoms with Gasteiger partial charge in [0.25, 0.3) is 0 Å². The molecule has 0 saturated heterocycles. The molecule has 2 rings (SSSR count). The number of aromatic nitrogens is 4. The molecule has 2 aliphatic rings. The van der Waals surface area contributed by atoms with Gasteiger partial charge in [0.05, 0.1) is 0 Å². The largest absolute Gasteiger partial charge is 0.425 e. The molecule has 2 heterocycles. The zero-order valence-corrected chi connectivity index (χ0v) is 5.75. The molecular weight excluding hydrogens is 162 g/mol. The summed E-state index contributed by atoms with van der Waals surface area (Å²) in [4.78, 5) is 21.1. The zero-order valence-electron chi connectivity index (χ0n) is 5.75. The van der Waals surface area contributed by atoms with Gasteiger partial charge < -0.3 is 5.21 Å². The van der Waals surface area contributed by atoms with Crippen LogP contribution in [0.15, 0.2) is 17.8 Å². The van der Waals surface area contributed by atoms with Gasteiger partial charge in [0.1, 0.15) is 12.7 Å². The Labute approximate surface area is 66.0 Å². The highest BCUT2D eigenvalue weighted by Gasteiger charge is 2.16. The van der Waals surface area contributed by atoms with Gasteiger partial charge in [-0.2, -0.15) is 4.73 Å². The van der Waals surface area contributed by atoms with Crippen molar-refractivity contribution in [2.45, 2.75) is 0 Å². The number of fused-ring (bicyclic) bond motifs is 1. The van der Waals surface area contributed by atoms with Gasteiger partial charge in [-0.3, -0.25) is 0 Å². The van der Waals surface area contributed by atoms with Crippen LogP contribution in [0.3, 0.4) is 0 Å². The van der Waals surface area contributed by atoms with Gasteiger partial charge in [0.2, 0.25) is 11.6 Å². The average molecular weight is 165 g/mol. The lowest BCUT2D eigenvalue weighted by molar-refractivity contribution is 0.183. The summed E-state index contributed by atoms with van der Waals surface area (Å²) >= 11 is 0. The van der Waals surface area contributed by atoms with E-state index in [1.54, 1.807) is 0 Å². The van der Waals surface area contributed by atoms with Gasteiger partial charge in [0, 0.05) is 0 Å². The van der Waals surface area contributed by atoms with E-state index in [4.69, 9.17) is 5.21 Å². The fraction of sp³-hybridized carbons (Fsp3) is 0. The molecule has 0 bridgehead atoms. The topological polar surface area (TPSA) is 93.3 Å². The average Bonchev–Trinajstić information content (AvgIpc) is 2.54.